The van der Waals surface area contributed by atoms with E-state index in [0.29, 0.717) is 5.69 Å². The van der Waals surface area contributed by atoms with Gasteiger partial charge < -0.3 is 15.8 Å². The van der Waals surface area contributed by atoms with Crippen LogP contribution in [0.1, 0.15) is 11.5 Å². The van der Waals surface area contributed by atoms with Gasteiger partial charge in [-0.3, -0.25) is 4.79 Å². The lowest BCUT2D eigenvalue weighted by molar-refractivity contribution is -0.117. The Labute approximate surface area is 122 Å². The van der Waals surface area contributed by atoms with Crippen LogP contribution in [-0.2, 0) is 4.79 Å². The van der Waals surface area contributed by atoms with E-state index < -0.39 is 11.7 Å². The third-order valence-electron chi connectivity index (χ3n) is 3.18. The van der Waals surface area contributed by atoms with Crippen LogP contribution in [0.4, 0.5) is 10.1 Å². The van der Waals surface area contributed by atoms with E-state index in [1.165, 1.54) is 25.3 Å². The fourth-order valence-electron chi connectivity index (χ4n) is 2.07. The smallest absolute Gasteiger partial charge is 0.233 e. The Morgan fingerprint density at radius 2 is 2.00 bits per heavy atom. The summed E-state index contributed by atoms with van der Waals surface area (Å²) in [5.41, 5.74) is 6.95. The Bertz CT molecular complexity index is 617. The number of ether oxygens (including phenoxy) is 1. The Balaban J connectivity index is 2.20. The first kappa shape index (κ1) is 15.0. The first-order chi connectivity index (χ1) is 10.2. The Morgan fingerprint density at radius 3 is 2.62 bits per heavy atom. The van der Waals surface area contributed by atoms with Crippen molar-refractivity contribution < 1.29 is 13.9 Å². The molecule has 0 spiro atoms. The van der Waals surface area contributed by atoms with E-state index >= 15 is 0 Å². The monoisotopic (exact) mass is 288 g/mol. The van der Waals surface area contributed by atoms with Crippen molar-refractivity contribution in [3.63, 3.8) is 0 Å². The summed E-state index contributed by atoms with van der Waals surface area (Å²) in [6, 6.07) is 13.2. The van der Waals surface area contributed by atoms with E-state index in [1.807, 2.05) is 30.3 Å². The minimum Gasteiger partial charge on any atom is -0.494 e. The van der Waals surface area contributed by atoms with Gasteiger partial charge >= 0.3 is 0 Å². The van der Waals surface area contributed by atoms with Gasteiger partial charge in [-0.05, 0) is 17.7 Å². The maximum absolute atomic E-state index is 13.1. The summed E-state index contributed by atoms with van der Waals surface area (Å²) in [5, 5.41) is 2.73. The van der Waals surface area contributed by atoms with Crippen molar-refractivity contribution >= 4 is 11.6 Å². The van der Waals surface area contributed by atoms with Crippen LogP contribution in [0.15, 0.2) is 48.5 Å². The molecule has 3 N–H and O–H groups in total. The fraction of sp³-hybridized carbons (Fsp3) is 0.188. The van der Waals surface area contributed by atoms with Crippen LogP contribution < -0.4 is 15.8 Å². The molecular weight excluding hydrogens is 271 g/mol. The predicted molar refractivity (Wildman–Crippen MR) is 79.8 cm³/mol. The van der Waals surface area contributed by atoms with Crippen LogP contribution in [0, 0.1) is 5.82 Å². The molecule has 21 heavy (non-hydrogen) atoms. The van der Waals surface area contributed by atoms with Gasteiger partial charge in [-0.15, -0.1) is 0 Å². The second-order valence-corrected chi connectivity index (χ2v) is 4.53. The number of nitrogens with two attached hydrogens (primary N) is 1. The van der Waals surface area contributed by atoms with Crippen LogP contribution in [-0.4, -0.2) is 19.6 Å². The van der Waals surface area contributed by atoms with Crippen LogP contribution >= 0.6 is 0 Å². The number of nitrogens with one attached hydrogen (secondary N) is 1. The molecule has 0 saturated carbocycles. The molecule has 2 rings (SSSR count). The van der Waals surface area contributed by atoms with Crippen molar-refractivity contribution in [2.75, 3.05) is 19.0 Å². The first-order valence-corrected chi connectivity index (χ1v) is 6.55. The van der Waals surface area contributed by atoms with Gasteiger partial charge in [-0.2, -0.15) is 0 Å². The molecule has 0 aromatic heterocycles. The Kier molecular flexibility index (Phi) is 4.90. The van der Waals surface area contributed by atoms with Crippen molar-refractivity contribution in [1.82, 2.24) is 0 Å². The van der Waals surface area contributed by atoms with Crippen LogP contribution in [0.3, 0.4) is 0 Å². The van der Waals surface area contributed by atoms with E-state index in [2.05, 4.69) is 5.32 Å². The van der Waals surface area contributed by atoms with Gasteiger partial charge in [0, 0.05) is 12.6 Å². The number of anilines is 1. The molecule has 4 nitrogen and oxygen atoms in total. The number of carbonyl (C=O) groups excluding carboxylic acids is 1. The maximum Gasteiger partial charge on any atom is 0.233 e. The van der Waals surface area contributed by atoms with E-state index in [4.69, 9.17) is 10.5 Å². The zero-order chi connectivity index (χ0) is 15.2. The van der Waals surface area contributed by atoms with Gasteiger partial charge in [0.05, 0.1) is 18.7 Å². The molecule has 5 heteroatoms. The largest absolute Gasteiger partial charge is 0.494 e. The van der Waals surface area contributed by atoms with Crippen LogP contribution in [0.2, 0.25) is 0 Å². The van der Waals surface area contributed by atoms with E-state index in [0.717, 1.165) is 5.56 Å². The van der Waals surface area contributed by atoms with Gasteiger partial charge in [0.25, 0.3) is 0 Å². The topological polar surface area (TPSA) is 64.3 Å². The number of rotatable bonds is 5. The Hall–Kier alpha value is -2.40. The highest BCUT2D eigenvalue weighted by molar-refractivity contribution is 5.97. The SMILES string of the molecule is COc1cc(F)ccc1NC(=O)C(CN)c1ccccc1. The fourth-order valence-corrected chi connectivity index (χ4v) is 2.07. The maximum atomic E-state index is 13.1. The summed E-state index contributed by atoms with van der Waals surface area (Å²) in [4.78, 5) is 12.4. The number of carbonyl (C=O) groups is 1. The minimum absolute atomic E-state index is 0.180. The van der Waals surface area contributed by atoms with Gasteiger partial charge in [0.1, 0.15) is 11.6 Å². The number of amides is 1. The zero-order valence-electron chi connectivity index (χ0n) is 11.7. The third kappa shape index (κ3) is 3.58. The normalized spacial score (nSPS) is 11.8. The van der Waals surface area contributed by atoms with Gasteiger partial charge in [-0.1, -0.05) is 30.3 Å². The average Bonchev–Trinajstić information content (AvgIpc) is 2.51. The molecule has 0 aliphatic carbocycles. The first-order valence-electron chi connectivity index (χ1n) is 6.55. The molecule has 0 bridgehead atoms. The summed E-state index contributed by atoms with van der Waals surface area (Å²) in [7, 11) is 1.42. The number of benzene rings is 2. The van der Waals surface area contributed by atoms with E-state index in [9.17, 15) is 9.18 Å². The molecule has 0 aliphatic heterocycles. The Morgan fingerprint density at radius 1 is 1.29 bits per heavy atom. The van der Waals surface area contributed by atoms with E-state index in [-0.39, 0.29) is 18.2 Å². The van der Waals surface area contributed by atoms with Crippen molar-refractivity contribution in [1.29, 1.82) is 0 Å². The molecule has 0 saturated heterocycles. The predicted octanol–water partition coefficient (Wildman–Crippen LogP) is 2.52. The number of hydrogen-bond acceptors (Lipinski definition) is 3. The lowest BCUT2D eigenvalue weighted by Gasteiger charge is -2.16. The third-order valence-corrected chi connectivity index (χ3v) is 3.18. The summed E-state index contributed by atoms with van der Waals surface area (Å²) in [5.74, 6) is -0.884. The van der Waals surface area contributed by atoms with Gasteiger partial charge in [-0.25, -0.2) is 4.39 Å². The van der Waals surface area contributed by atoms with Gasteiger partial charge in [0.15, 0.2) is 0 Å². The molecule has 2 aromatic rings. The average molecular weight is 288 g/mol. The summed E-state index contributed by atoms with van der Waals surface area (Å²) < 4.78 is 18.2. The van der Waals surface area contributed by atoms with Crippen LogP contribution in [0.25, 0.3) is 0 Å². The molecule has 2 aromatic carbocycles. The molecule has 0 fully saturated rings. The van der Waals surface area contributed by atoms with E-state index in [1.54, 1.807) is 0 Å². The standard InChI is InChI=1S/C16H17FN2O2/c1-21-15-9-12(17)7-8-14(15)19-16(20)13(10-18)11-5-3-2-4-6-11/h2-9,13H,10,18H2,1H3,(H,19,20). The molecular formula is C16H17FN2O2. The molecule has 1 atom stereocenters. The molecule has 1 unspecified atom stereocenters. The lowest BCUT2D eigenvalue weighted by atomic mass is 9.98. The highest BCUT2D eigenvalue weighted by Crippen LogP contribution is 2.26. The molecule has 110 valence electrons. The highest BCUT2D eigenvalue weighted by Gasteiger charge is 2.20. The quantitative estimate of drug-likeness (QED) is 0.888. The number of halogens is 1. The lowest BCUT2D eigenvalue weighted by Crippen LogP contribution is -2.27. The minimum atomic E-state index is -0.471. The summed E-state index contributed by atoms with van der Waals surface area (Å²) in [6.07, 6.45) is 0. The van der Waals surface area contributed by atoms with Crippen molar-refractivity contribution in [2.45, 2.75) is 5.92 Å². The number of methoxy groups -OCH3 is 1. The molecule has 0 radical (unpaired) electrons. The van der Waals surface area contributed by atoms with Crippen molar-refractivity contribution in [2.24, 2.45) is 5.73 Å². The molecule has 1 amide bonds. The van der Waals surface area contributed by atoms with Crippen LogP contribution in [0.5, 0.6) is 5.75 Å². The van der Waals surface area contributed by atoms with Crippen molar-refractivity contribution in [3.8, 4) is 5.75 Å². The summed E-state index contributed by atoms with van der Waals surface area (Å²) in [6.45, 7) is 0.180. The number of hydrogen-bond donors (Lipinski definition) is 2. The highest BCUT2D eigenvalue weighted by atomic mass is 19.1. The second-order valence-electron chi connectivity index (χ2n) is 4.53. The molecule has 0 aliphatic rings. The summed E-state index contributed by atoms with van der Waals surface area (Å²) >= 11 is 0. The van der Waals surface area contributed by atoms with Gasteiger partial charge in [0.2, 0.25) is 5.91 Å². The second kappa shape index (κ2) is 6.85. The molecule has 0 heterocycles. The van der Waals surface area contributed by atoms with Crippen molar-refractivity contribution in [3.05, 3.63) is 59.9 Å². The zero-order valence-corrected chi connectivity index (χ0v) is 11.7.